The van der Waals surface area contributed by atoms with Crippen LogP contribution in [-0.4, -0.2) is 21.9 Å². The molecule has 122 valence electrons. The van der Waals surface area contributed by atoms with Crippen molar-refractivity contribution >= 4 is 46.0 Å². The van der Waals surface area contributed by atoms with E-state index in [1.165, 1.54) is 16.7 Å². The van der Waals surface area contributed by atoms with E-state index in [9.17, 15) is 9.90 Å². The molecule has 1 saturated heterocycles. The van der Waals surface area contributed by atoms with Gasteiger partial charge in [0.2, 0.25) is 0 Å². The molecule has 0 bridgehead atoms. The molecule has 1 aliphatic rings. The lowest BCUT2D eigenvalue weighted by atomic mass is 10.2. The standard InChI is InChI=1S/C18H15NO3S2/c1-2-22-15-10-12(8-9-14(15)20)11-16-17(21)19(18(23)24-16)13-6-4-3-5-7-13/h3-11,20H,2H2,1H3/b16-11-. The number of aromatic hydroxyl groups is 1. The van der Waals surface area contributed by atoms with E-state index < -0.39 is 0 Å². The summed E-state index contributed by atoms with van der Waals surface area (Å²) < 4.78 is 5.87. The molecule has 1 amide bonds. The van der Waals surface area contributed by atoms with Crippen molar-refractivity contribution in [3.05, 3.63) is 59.0 Å². The minimum atomic E-state index is -0.151. The fraction of sp³-hybridized carbons (Fsp3) is 0.111. The van der Waals surface area contributed by atoms with Gasteiger partial charge in [0.05, 0.1) is 17.2 Å². The molecule has 2 aromatic rings. The number of carbonyl (C=O) groups excluding carboxylic acids is 1. The third-order valence-electron chi connectivity index (χ3n) is 3.39. The van der Waals surface area contributed by atoms with Crippen LogP contribution in [0.4, 0.5) is 5.69 Å². The molecule has 0 radical (unpaired) electrons. The van der Waals surface area contributed by atoms with Gasteiger partial charge in [0.25, 0.3) is 5.91 Å². The van der Waals surface area contributed by atoms with Crippen LogP contribution in [0.5, 0.6) is 11.5 Å². The Hall–Kier alpha value is -2.31. The van der Waals surface area contributed by atoms with Crippen LogP contribution in [-0.2, 0) is 4.79 Å². The van der Waals surface area contributed by atoms with Crippen LogP contribution in [0, 0.1) is 0 Å². The van der Waals surface area contributed by atoms with E-state index in [2.05, 4.69) is 0 Å². The average molecular weight is 357 g/mol. The number of thioether (sulfide) groups is 1. The Morgan fingerprint density at radius 2 is 2.00 bits per heavy atom. The first-order valence-electron chi connectivity index (χ1n) is 7.39. The Morgan fingerprint density at radius 1 is 1.25 bits per heavy atom. The number of phenolic OH excluding ortho intramolecular Hbond substituents is 1. The topological polar surface area (TPSA) is 49.8 Å². The van der Waals surface area contributed by atoms with Crippen molar-refractivity contribution in [2.45, 2.75) is 6.92 Å². The predicted octanol–water partition coefficient (Wildman–Crippen LogP) is 4.20. The quantitative estimate of drug-likeness (QED) is 0.657. The van der Waals surface area contributed by atoms with E-state index in [0.29, 0.717) is 21.6 Å². The van der Waals surface area contributed by atoms with Gasteiger partial charge in [-0.25, -0.2) is 0 Å². The van der Waals surface area contributed by atoms with E-state index in [-0.39, 0.29) is 11.7 Å². The zero-order valence-electron chi connectivity index (χ0n) is 12.9. The van der Waals surface area contributed by atoms with Crippen LogP contribution in [0.1, 0.15) is 12.5 Å². The predicted molar refractivity (Wildman–Crippen MR) is 101 cm³/mol. The highest BCUT2D eigenvalue weighted by Gasteiger charge is 2.33. The minimum Gasteiger partial charge on any atom is -0.504 e. The highest BCUT2D eigenvalue weighted by Crippen LogP contribution is 2.36. The summed E-state index contributed by atoms with van der Waals surface area (Å²) in [5, 5.41) is 9.76. The molecular formula is C18H15NO3S2. The Morgan fingerprint density at radius 3 is 2.71 bits per heavy atom. The van der Waals surface area contributed by atoms with Gasteiger partial charge < -0.3 is 9.84 Å². The third-order valence-corrected chi connectivity index (χ3v) is 4.69. The number of phenols is 1. The minimum absolute atomic E-state index is 0.0748. The molecule has 0 saturated carbocycles. The van der Waals surface area contributed by atoms with Crippen molar-refractivity contribution in [2.24, 2.45) is 0 Å². The second-order valence-corrected chi connectivity index (χ2v) is 6.69. The Labute approximate surface area is 149 Å². The zero-order valence-corrected chi connectivity index (χ0v) is 14.6. The highest BCUT2D eigenvalue weighted by atomic mass is 32.2. The second kappa shape index (κ2) is 7.07. The molecule has 3 rings (SSSR count). The van der Waals surface area contributed by atoms with Gasteiger partial charge in [-0.3, -0.25) is 9.69 Å². The lowest BCUT2D eigenvalue weighted by Gasteiger charge is -2.13. The van der Waals surface area contributed by atoms with Gasteiger partial charge in [0.15, 0.2) is 15.8 Å². The van der Waals surface area contributed by atoms with Crippen molar-refractivity contribution in [3.8, 4) is 11.5 Å². The summed E-state index contributed by atoms with van der Waals surface area (Å²) in [5.41, 5.74) is 1.52. The maximum Gasteiger partial charge on any atom is 0.270 e. The van der Waals surface area contributed by atoms with Crippen LogP contribution < -0.4 is 9.64 Å². The third kappa shape index (κ3) is 3.29. The highest BCUT2D eigenvalue weighted by molar-refractivity contribution is 8.27. The van der Waals surface area contributed by atoms with Crippen LogP contribution in [0.15, 0.2) is 53.4 Å². The fourth-order valence-corrected chi connectivity index (χ4v) is 3.61. The maximum atomic E-state index is 12.7. The Balaban J connectivity index is 1.91. The molecule has 1 N–H and O–H groups in total. The number of benzene rings is 2. The van der Waals surface area contributed by atoms with E-state index >= 15 is 0 Å². The molecule has 0 atom stereocenters. The molecule has 6 heteroatoms. The molecule has 0 spiro atoms. The number of nitrogens with zero attached hydrogens (tertiary/aromatic N) is 1. The van der Waals surface area contributed by atoms with E-state index in [0.717, 1.165) is 11.3 Å². The summed E-state index contributed by atoms with van der Waals surface area (Å²) in [6.07, 6.45) is 1.75. The van der Waals surface area contributed by atoms with Crippen LogP contribution in [0.3, 0.4) is 0 Å². The van der Waals surface area contributed by atoms with Crippen LogP contribution >= 0.6 is 24.0 Å². The first kappa shape index (κ1) is 16.5. The monoisotopic (exact) mass is 357 g/mol. The summed E-state index contributed by atoms with van der Waals surface area (Å²) in [6.45, 7) is 2.30. The zero-order chi connectivity index (χ0) is 17.1. The van der Waals surface area contributed by atoms with Crippen molar-refractivity contribution < 1.29 is 14.6 Å². The van der Waals surface area contributed by atoms with Gasteiger partial charge in [0.1, 0.15) is 0 Å². The fourth-order valence-electron chi connectivity index (χ4n) is 2.31. The van der Waals surface area contributed by atoms with Crippen molar-refractivity contribution in [1.29, 1.82) is 0 Å². The molecule has 0 aliphatic carbocycles. The van der Waals surface area contributed by atoms with Crippen LogP contribution in [0.25, 0.3) is 6.08 Å². The number of para-hydroxylation sites is 1. The van der Waals surface area contributed by atoms with Gasteiger partial charge >= 0.3 is 0 Å². The average Bonchev–Trinajstić information content (AvgIpc) is 2.85. The van der Waals surface area contributed by atoms with Crippen molar-refractivity contribution in [3.63, 3.8) is 0 Å². The van der Waals surface area contributed by atoms with Crippen molar-refractivity contribution in [1.82, 2.24) is 0 Å². The van der Waals surface area contributed by atoms with Crippen molar-refractivity contribution in [2.75, 3.05) is 11.5 Å². The number of amides is 1. The number of ether oxygens (including phenoxy) is 1. The van der Waals surface area contributed by atoms with E-state index in [1.807, 2.05) is 37.3 Å². The number of thiocarbonyl (C=S) groups is 1. The van der Waals surface area contributed by atoms with E-state index in [1.54, 1.807) is 24.3 Å². The Bertz CT molecular complexity index is 818. The van der Waals surface area contributed by atoms with Gasteiger partial charge in [-0.1, -0.05) is 48.2 Å². The summed E-state index contributed by atoms with van der Waals surface area (Å²) in [6, 6.07) is 14.3. The normalized spacial score (nSPS) is 16.0. The smallest absolute Gasteiger partial charge is 0.270 e. The lowest BCUT2D eigenvalue weighted by Crippen LogP contribution is -2.27. The maximum absolute atomic E-state index is 12.7. The summed E-state index contributed by atoms with van der Waals surface area (Å²) in [4.78, 5) is 14.7. The second-order valence-electron chi connectivity index (χ2n) is 5.01. The lowest BCUT2D eigenvalue weighted by molar-refractivity contribution is -0.113. The summed E-state index contributed by atoms with van der Waals surface area (Å²) >= 11 is 6.60. The first-order chi connectivity index (χ1) is 11.6. The first-order valence-corrected chi connectivity index (χ1v) is 8.61. The molecule has 1 aliphatic heterocycles. The van der Waals surface area contributed by atoms with Gasteiger partial charge in [0, 0.05) is 0 Å². The summed E-state index contributed by atoms with van der Waals surface area (Å²) in [7, 11) is 0. The largest absolute Gasteiger partial charge is 0.504 e. The van der Waals surface area contributed by atoms with Gasteiger partial charge in [-0.2, -0.15) is 0 Å². The molecular weight excluding hydrogens is 342 g/mol. The van der Waals surface area contributed by atoms with E-state index in [4.69, 9.17) is 17.0 Å². The van der Waals surface area contributed by atoms with Gasteiger partial charge in [-0.05, 0) is 42.8 Å². The number of anilines is 1. The number of rotatable bonds is 4. The van der Waals surface area contributed by atoms with Gasteiger partial charge in [-0.15, -0.1) is 0 Å². The Kier molecular flexibility index (Phi) is 4.87. The molecule has 4 nitrogen and oxygen atoms in total. The SMILES string of the molecule is CCOc1cc(/C=C2\SC(=S)N(c3ccccc3)C2=O)ccc1O. The molecule has 24 heavy (non-hydrogen) atoms. The van der Waals surface area contributed by atoms with Crippen LogP contribution in [0.2, 0.25) is 0 Å². The number of hydrogen-bond acceptors (Lipinski definition) is 5. The number of carbonyl (C=O) groups is 1. The molecule has 2 aromatic carbocycles. The molecule has 1 heterocycles. The summed E-state index contributed by atoms with van der Waals surface area (Å²) in [5.74, 6) is 0.317. The molecule has 0 aromatic heterocycles. The molecule has 0 unspecified atom stereocenters. The number of hydrogen-bond donors (Lipinski definition) is 1. The molecule has 1 fully saturated rings.